The number of aromatic nitrogens is 1. The molecule has 0 amide bonds. The Morgan fingerprint density at radius 1 is 1.21 bits per heavy atom. The van der Waals surface area contributed by atoms with Crippen molar-refractivity contribution >= 4 is 32.7 Å². The number of thiazole rings is 1. The smallest absolute Gasteiger partial charge is 0.335 e. The second-order valence-corrected chi connectivity index (χ2v) is 5.89. The maximum atomic E-state index is 11.0. The number of aromatic carboxylic acids is 1. The summed E-state index contributed by atoms with van der Waals surface area (Å²) in [7, 11) is 0. The third kappa shape index (κ3) is 2.56. The molecule has 4 nitrogen and oxygen atoms in total. The molecule has 0 spiro atoms. The van der Waals surface area contributed by atoms with E-state index in [-0.39, 0.29) is 0 Å². The number of carboxylic acids is 1. The largest absolute Gasteiger partial charge is 0.478 e. The average molecular weight is 276 g/mol. The van der Waals surface area contributed by atoms with Crippen LogP contribution in [0.5, 0.6) is 0 Å². The van der Waals surface area contributed by atoms with Gasteiger partial charge >= 0.3 is 5.97 Å². The molecule has 0 saturated carbocycles. The second kappa shape index (κ2) is 5.17. The molecule has 1 aliphatic heterocycles. The molecule has 19 heavy (non-hydrogen) atoms. The van der Waals surface area contributed by atoms with Gasteiger partial charge in [-0.15, -0.1) is 0 Å². The topological polar surface area (TPSA) is 53.4 Å². The number of benzene rings is 1. The molecule has 1 N–H and O–H groups in total. The van der Waals surface area contributed by atoms with Crippen LogP contribution in [0.2, 0.25) is 0 Å². The van der Waals surface area contributed by atoms with Crippen molar-refractivity contribution < 1.29 is 9.90 Å². The molecule has 0 bridgehead atoms. The molecule has 100 valence electrons. The van der Waals surface area contributed by atoms with Crippen molar-refractivity contribution in [3.63, 3.8) is 0 Å². The minimum absolute atomic E-state index is 0.332. The number of hydrogen-bond acceptors (Lipinski definition) is 4. The summed E-state index contributed by atoms with van der Waals surface area (Å²) in [5, 5.41) is 10.0. The van der Waals surface area contributed by atoms with Crippen molar-refractivity contribution in [3.8, 4) is 0 Å². The van der Waals surface area contributed by atoms with Crippen LogP contribution in [0.1, 0.15) is 36.0 Å². The van der Waals surface area contributed by atoms with E-state index in [0.29, 0.717) is 5.56 Å². The van der Waals surface area contributed by atoms with Crippen LogP contribution in [0, 0.1) is 0 Å². The van der Waals surface area contributed by atoms with Crippen LogP contribution >= 0.6 is 11.3 Å². The Morgan fingerprint density at radius 3 is 2.63 bits per heavy atom. The molecular weight excluding hydrogens is 260 g/mol. The molecule has 2 heterocycles. The van der Waals surface area contributed by atoms with E-state index in [1.54, 1.807) is 29.5 Å². The first-order valence-corrected chi connectivity index (χ1v) is 7.44. The lowest BCUT2D eigenvalue weighted by molar-refractivity contribution is 0.0697. The van der Waals surface area contributed by atoms with Crippen LogP contribution in [0.3, 0.4) is 0 Å². The van der Waals surface area contributed by atoms with E-state index in [2.05, 4.69) is 9.88 Å². The first kappa shape index (κ1) is 12.4. The molecule has 1 fully saturated rings. The minimum atomic E-state index is -0.883. The van der Waals surface area contributed by atoms with Crippen molar-refractivity contribution in [1.82, 2.24) is 4.98 Å². The zero-order valence-corrected chi connectivity index (χ0v) is 11.4. The van der Waals surface area contributed by atoms with Gasteiger partial charge in [0.2, 0.25) is 0 Å². The van der Waals surface area contributed by atoms with E-state index >= 15 is 0 Å². The quantitative estimate of drug-likeness (QED) is 0.913. The summed E-state index contributed by atoms with van der Waals surface area (Å²) in [6, 6.07) is 5.14. The Balaban J connectivity index is 1.94. The molecule has 3 rings (SSSR count). The average Bonchev–Trinajstić information content (AvgIpc) is 2.64. The monoisotopic (exact) mass is 276 g/mol. The highest BCUT2D eigenvalue weighted by molar-refractivity contribution is 7.22. The summed E-state index contributed by atoms with van der Waals surface area (Å²) in [6.45, 7) is 2.12. The molecule has 0 atom stereocenters. The standard InChI is InChI=1S/C14H16N2O2S/c17-13(18)10-5-6-11-12(9-10)19-14(15-11)16-7-3-1-2-4-8-16/h5-6,9H,1-4,7-8H2,(H,17,18). The summed E-state index contributed by atoms with van der Waals surface area (Å²) >= 11 is 1.60. The summed E-state index contributed by atoms with van der Waals surface area (Å²) in [4.78, 5) is 17.9. The minimum Gasteiger partial charge on any atom is -0.478 e. The zero-order valence-electron chi connectivity index (χ0n) is 10.6. The number of fused-ring (bicyclic) bond motifs is 1. The van der Waals surface area contributed by atoms with Gasteiger partial charge in [0.1, 0.15) is 0 Å². The lowest BCUT2D eigenvalue weighted by Gasteiger charge is -2.18. The molecular formula is C14H16N2O2S. The van der Waals surface area contributed by atoms with Gasteiger partial charge in [-0.1, -0.05) is 24.2 Å². The van der Waals surface area contributed by atoms with Gasteiger partial charge < -0.3 is 10.0 Å². The van der Waals surface area contributed by atoms with Gasteiger partial charge in [-0.25, -0.2) is 9.78 Å². The molecule has 5 heteroatoms. The summed E-state index contributed by atoms with van der Waals surface area (Å²) in [5.74, 6) is -0.883. The summed E-state index contributed by atoms with van der Waals surface area (Å²) in [6.07, 6.45) is 5.03. The third-order valence-electron chi connectivity index (χ3n) is 3.50. The van der Waals surface area contributed by atoms with Crippen molar-refractivity contribution in [3.05, 3.63) is 23.8 Å². The SMILES string of the molecule is O=C(O)c1ccc2nc(N3CCCCCC3)sc2c1. The fraction of sp³-hybridized carbons (Fsp3) is 0.429. The predicted octanol–water partition coefficient (Wildman–Crippen LogP) is 3.37. The first-order valence-electron chi connectivity index (χ1n) is 6.63. The van der Waals surface area contributed by atoms with Crippen molar-refractivity contribution in [1.29, 1.82) is 0 Å². The fourth-order valence-corrected chi connectivity index (χ4v) is 3.50. The Kier molecular flexibility index (Phi) is 3.38. The van der Waals surface area contributed by atoms with E-state index < -0.39 is 5.97 Å². The molecule has 0 radical (unpaired) electrons. The Bertz CT molecular complexity index is 601. The number of carbonyl (C=O) groups is 1. The van der Waals surface area contributed by atoms with Gasteiger partial charge in [-0.05, 0) is 31.0 Å². The molecule has 1 aliphatic rings. The molecule has 1 aromatic carbocycles. The molecule has 2 aromatic rings. The Hall–Kier alpha value is -1.62. The van der Waals surface area contributed by atoms with Gasteiger partial charge in [0, 0.05) is 13.1 Å². The maximum absolute atomic E-state index is 11.0. The third-order valence-corrected chi connectivity index (χ3v) is 4.58. The van der Waals surface area contributed by atoms with E-state index in [1.807, 2.05) is 0 Å². The predicted molar refractivity (Wildman–Crippen MR) is 77.3 cm³/mol. The van der Waals surface area contributed by atoms with E-state index in [1.165, 1.54) is 25.7 Å². The van der Waals surface area contributed by atoms with Crippen LogP contribution < -0.4 is 4.90 Å². The second-order valence-electron chi connectivity index (χ2n) is 4.89. The lowest BCUT2D eigenvalue weighted by atomic mass is 10.2. The van der Waals surface area contributed by atoms with Crippen molar-refractivity contribution in [2.75, 3.05) is 18.0 Å². The number of hydrogen-bond donors (Lipinski definition) is 1. The lowest BCUT2D eigenvalue weighted by Crippen LogP contribution is -2.23. The van der Waals surface area contributed by atoms with Crippen LogP contribution in [-0.2, 0) is 0 Å². The van der Waals surface area contributed by atoms with Crippen LogP contribution in [0.25, 0.3) is 10.2 Å². The Morgan fingerprint density at radius 2 is 1.95 bits per heavy atom. The van der Waals surface area contributed by atoms with E-state index in [9.17, 15) is 4.79 Å². The normalized spacial score (nSPS) is 16.5. The Labute approximate surface area is 115 Å². The number of carboxylic acid groups (broad SMARTS) is 1. The first-order chi connectivity index (χ1) is 9.24. The molecule has 0 aliphatic carbocycles. The van der Waals surface area contributed by atoms with Gasteiger partial charge in [-0.3, -0.25) is 0 Å². The van der Waals surface area contributed by atoms with E-state index in [4.69, 9.17) is 5.11 Å². The summed E-state index contributed by atoms with van der Waals surface area (Å²) < 4.78 is 0.958. The van der Waals surface area contributed by atoms with Crippen LogP contribution in [0.4, 0.5) is 5.13 Å². The molecule has 1 aromatic heterocycles. The molecule has 0 unspecified atom stereocenters. The number of anilines is 1. The van der Waals surface area contributed by atoms with Gasteiger partial charge in [0.05, 0.1) is 15.8 Å². The molecule has 1 saturated heterocycles. The number of rotatable bonds is 2. The zero-order chi connectivity index (χ0) is 13.2. The highest BCUT2D eigenvalue weighted by atomic mass is 32.1. The van der Waals surface area contributed by atoms with Crippen molar-refractivity contribution in [2.24, 2.45) is 0 Å². The fourth-order valence-electron chi connectivity index (χ4n) is 2.44. The van der Waals surface area contributed by atoms with Crippen LogP contribution in [0.15, 0.2) is 18.2 Å². The van der Waals surface area contributed by atoms with Gasteiger partial charge in [-0.2, -0.15) is 0 Å². The van der Waals surface area contributed by atoms with Gasteiger partial charge in [0.25, 0.3) is 0 Å². The number of nitrogens with zero attached hydrogens (tertiary/aromatic N) is 2. The summed E-state index contributed by atoms with van der Waals surface area (Å²) in [5.41, 5.74) is 1.23. The maximum Gasteiger partial charge on any atom is 0.335 e. The van der Waals surface area contributed by atoms with Crippen molar-refractivity contribution in [2.45, 2.75) is 25.7 Å². The van der Waals surface area contributed by atoms with E-state index in [0.717, 1.165) is 28.4 Å². The highest BCUT2D eigenvalue weighted by Gasteiger charge is 2.15. The highest BCUT2D eigenvalue weighted by Crippen LogP contribution is 2.30. The van der Waals surface area contributed by atoms with Crippen LogP contribution in [-0.4, -0.2) is 29.1 Å². The van der Waals surface area contributed by atoms with Gasteiger partial charge in [0.15, 0.2) is 5.13 Å².